The molecule has 0 atom stereocenters. The smallest absolute Gasteiger partial charge is 0.277 e. The molecule has 2 N–H and O–H groups in total. The number of carbonyl (C=O) groups is 2. The summed E-state index contributed by atoms with van der Waals surface area (Å²) < 4.78 is 5.56. The van der Waals surface area contributed by atoms with Gasteiger partial charge in [0.05, 0.1) is 27.6 Å². The molecule has 1 heterocycles. The van der Waals surface area contributed by atoms with Crippen molar-refractivity contribution in [2.75, 3.05) is 18.1 Å². The molecule has 0 radical (unpaired) electrons. The Labute approximate surface area is 181 Å². The lowest BCUT2D eigenvalue weighted by atomic mass is 10.1. The third kappa shape index (κ3) is 5.09. The number of amides is 2. The van der Waals surface area contributed by atoms with Gasteiger partial charge >= 0.3 is 0 Å². The predicted octanol–water partition coefficient (Wildman–Crippen LogP) is 4.44. The van der Waals surface area contributed by atoms with Gasteiger partial charge in [0.25, 0.3) is 11.1 Å². The van der Waals surface area contributed by atoms with Crippen molar-refractivity contribution in [2.45, 2.75) is 12.1 Å². The lowest BCUT2D eigenvalue weighted by Crippen LogP contribution is -2.23. The minimum Gasteiger partial charge on any atom is -0.411 e. The van der Waals surface area contributed by atoms with Gasteiger partial charge in [-0.05, 0) is 36.8 Å². The van der Waals surface area contributed by atoms with Crippen LogP contribution < -0.4 is 10.6 Å². The highest BCUT2D eigenvalue weighted by Crippen LogP contribution is 2.29. The standard InChI is InChI=1S/C19H16Cl2N4O3S/c1-10-7-11(20)8-13(17(27)22-2)16(10)23-15(26)9-29-19-25-24-18(28-19)12-5-3-4-6-14(12)21/h3-8H,9H2,1-2H3,(H,22,27)(H,23,26). The Morgan fingerprint density at radius 3 is 2.66 bits per heavy atom. The zero-order valence-corrected chi connectivity index (χ0v) is 17.8. The molecule has 1 aromatic heterocycles. The fourth-order valence-corrected chi connectivity index (χ4v) is 3.59. The van der Waals surface area contributed by atoms with Crippen LogP contribution in [0.15, 0.2) is 46.0 Å². The number of nitrogens with zero attached hydrogens (tertiary/aromatic N) is 2. The van der Waals surface area contributed by atoms with Crippen LogP contribution in [0.1, 0.15) is 15.9 Å². The number of hydrogen-bond acceptors (Lipinski definition) is 6. The van der Waals surface area contributed by atoms with E-state index >= 15 is 0 Å². The second kappa shape index (κ2) is 9.30. The summed E-state index contributed by atoms with van der Waals surface area (Å²) in [4.78, 5) is 24.5. The summed E-state index contributed by atoms with van der Waals surface area (Å²) in [6, 6.07) is 10.3. The molecule has 2 aromatic carbocycles. The van der Waals surface area contributed by atoms with Crippen LogP contribution in [0, 0.1) is 6.92 Å². The van der Waals surface area contributed by atoms with Gasteiger partial charge in [-0.25, -0.2) is 0 Å². The van der Waals surface area contributed by atoms with Crippen LogP contribution >= 0.6 is 35.0 Å². The Morgan fingerprint density at radius 1 is 1.17 bits per heavy atom. The number of thioether (sulfide) groups is 1. The van der Waals surface area contributed by atoms with E-state index in [2.05, 4.69) is 20.8 Å². The normalized spacial score (nSPS) is 10.6. The molecule has 10 heteroatoms. The van der Waals surface area contributed by atoms with Gasteiger partial charge in [0, 0.05) is 12.1 Å². The molecular formula is C19H16Cl2N4O3S. The molecule has 0 aliphatic rings. The Kier molecular flexibility index (Phi) is 6.79. The highest BCUT2D eigenvalue weighted by molar-refractivity contribution is 7.99. The van der Waals surface area contributed by atoms with Crippen LogP contribution in [0.2, 0.25) is 10.0 Å². The number of benzene rings is 2. The number of hydrogen-bond donors (Lipinski definition) is 2. The van der Waals surface area contributed by atoms with E-state index in [4.69, 9.17) is 27.6 Å². The number of carbonyl (C=O) groups excluding carboxylic acids is 2. The molecule has 0 bridgehead atoms. The second-order valence-corrected chi connectivity index (χ2v) is 7.68. The molecule has 0 aliphatic carbocycles. The van der Waals surface area contributed by atoms with Crippen LogP contribution in [0.3, 0.4) is 0 Å². The summed E-state index contributed by atoms with van der Waals surface area (Å²) in [6.45, 7) is 1.76. The molecule has 0 spiro atoms. The lowest BCUT2D eigenvalue weighted by Gasteiger charge is -2.13. The van der Waals surface area contributed by atoms with Crippen molar-refractivity contribution < 1.29 is 14.0 Å². The molecule has 0 saturated carbocycles. The summed E-state index contributed by atoms with van der Waals surface area (Å²) in [5.41, 5.74) is 1.98. The predicted molar refractivity (Wildman–Crippen MR) is 114 cm³/mol. The topological polar surface area (TPSA) is 97.1 Å². The van der Waals surface area contributed by atoms with E-state index in [1.54, 1.807) is 31.2 Å². The number of nitrogens with one attached hydrogen (secondary N) is 2. The summed E-state index contributed by atoms with van der Waals surface area (Å²) in [5.74, 6) is -0.392. The van der Waals surface area contributed by atoms with Gasteiger partial charge < -0.3 is 15.1 Å². The van der Waals surface area contributed by atoms with E-state index in [0.717, 1.165) is 11.8 Å². The fraction of sp³-hybridized carbons (Fsp3) is 0.158. The summed E-state index contributed by atoms with van der Waals surface area (Å²) in [7, 11) is 1.51. The van der Waals surface area contributed by atoms with Gasteiger partial charge in [-0.15, -0.1) is 10.2 Å². The molecule has 29 heavy (non-hydrogen) atoms. The highest BCUT2D eigenvalue weighted by Gasteiger charge is 2.18. The third-order valence-corrected chi connectivity index (χ3v) is 5.24. The van der Waals surface area contributed by atoms with Gasteiger partial charge in [-0.2, -0.15) is 0 Å². The lowest BCUT2D eigenvalue weighted by molar-refractivity contribution is -0.113. The number of rotatable bonds is 6. The molecular weight excluding hydrogens is 435 g/mol. The van der Waals surface area contributed by atoms with E-state index in [1.807, 2.05) is 6.07 Å². The molecule has 2 amide bonds. The molecule has 0 aliphatic heterocycles. The molecule has 7 nitrogen and oxygen atoms in total. The van der Waals surface area contributed by atoms with E-state index in [-0.39, 0.29) is 34.2 Å². The molecule has 3 rings (SSSR count). The van der Waals surface area contributed by atoms with E-state index in [0.29, 0.717) is 26.9 Å². The molecule has 0 saturated heterocycles. The van der Waals surface area contributed by atoms with Crippen molar-refractivity contribution in [1.29, 1.82) is 0 Å². The van der Waals surface area contributed by atoms with Crippen molar-refractivity contribution in [3.8, 4) is 11.5 Å². The van der Waals surface area contributed by atoms with Gasteiger partial charge in [-0.1, -0.05) is 47.1 Å². The van der Waals surface area contributed by atoms with Crippen molar-refractivity contribution in [1.82, 2.24) is 15.5 Å². The minimum atomic E-state index is -0.347. The van der Waals surface area contributed by atoms with E-state index in [1.165, 1.54) is 13.1 Å². The Morgan fingerprint density at radius 2 is 1.93 bits per heavy atom. The summed E-state index contributed by atoms with van der Waals surface area (Å²) in [6.07, 6.45) is 0. The number of aromatic nitrogens is 2. The van der Waals surface area contributed by atoms with Gasteiger partial charge in [0.1, 0.15) is 0 Å². The first-order valence-electron chi connectivity index (χ1n) is 8.42. The molecule has 3 aromatic rings. The SMILES string of the molecule is CNC(=O)c1cc(Cl)cc(C)c1NC(=O)CSc1nnc(-c2ccccc2Cl)o1. The van der Waals surface area contributed by atoms with Gasteiger partial charge in [0.15, 0.2) is 0 Å². The average molecular weight is 451 g/mol. The van der Waals surface area contributed by atoms with Gasteiger partial charge in [-0.3, -0.25) is 9.59 Å². The van der Waals surface area contributed by atoms with Crippen molar-refractivity contribution >= 4 is 52.5 Å². The first kappa shape index (κ1) is 21.2. The second-order valence-electron chi connectivity index (χ2n) is 5.91. The Hall–Kier alpha value is -2.55. The number of halogens is 2. The third-order valence-electron chi connectivity index (χ3n) is 3.87. The van der Waals surface area contributed by atoms with Gasteiger partial charge in [0.2, 0.25) is 11.8 Å². The first-order valence-corrected chi connectivity index (χ1v) is 10.2. The molecule has 150 valence electrons. The number of aryl methyl sites for hydroxylation is 1. The van der Waals surface area contributed by atoms with Crippen LogP contribution in [0.5, 0.6) is 0 Å². The quantitative estimate of drug-likeness (QED) is 0.538. The summed E-state index contributed by atoms with van der Waals surface area (Å²) in [5, 5.41) is 14.3. The number of anilines is 1. The summed E-state index contributed by atoms with van der Waals surface area (Å²) >= 11 is 13.2. The Balaban J connectivity index is 1.69. The van der Waals surface area contributed by atoms with Crippen LogP contribution in [-0.4, -0.2) is 34.8 Å². The highest BCUT2D eigenvalue weighted by atomic mass is 35.5. The largest absolute Gasteiger partial charge is 0.411 e. The van der Waals surface area contributed by atoms with E-state index in [9.17, 15) is 9.59 Å². The van der Waals surface area contributed by atoms with E-state index < -0.39 is 0 Å². The van der Waals surface area contributed by atoms with Crippen LogP contribution in [0.25, 0.3) is 11.5 Å². The van der Waals surface area contributed by atoms with Crippen LogP contribution in [0.4, 0.5) is 5.69 Å². The van der Waals surface area contributed by atoms with Crippen molar-refractivity contribution in [3.05, 3.63) is 57.6 Å². The van der Waals surface area contributed by atoms with Crippen molar-refractivity contribution in [2.24, 2.45) is 0 Å². The zero-order chi connectivity index (χ0) is 21.0. The average Bonchev–Trinajstić information content (AvgIpc) is 3.16. The Bertz CT molecular complexity index is 1070. The maximum absolute atomic E-state index is 12.4. The van der Waals surface area contributed by atoms with Crippen molar-refractivity contribution in [3.63, 3.8) is 0 Å². The maximum atomic E-state index is 12.4. The maximum Gasteiger partial charge on any atom is 0.277 e. The molecule has 0 unspecified atom stereocenters. The molecule has 0 fully saturated rings. The minimum absolute atomic E-state index is 0.0133. The van der Waals surface area contributed by atoms with Crippen LogP contribution in [-0.2, 0) is 4.79 Å². The first-order chi connectivity index (χ1) is 13.9. The zero-order valence-electron chi connectivity index (χ0n) is 15.5. The monoisotopic (exact) mass is 450 g/mol. The fourth-order valence-electron chi connectivity index (χ4n) is 2.54.